The summed E-state index contributed by atoms with van der Waals surface area (Å²) in [5.41, 5.74) is 1.29. The van der Waals surface area contributed by atoms with Gasteiger partial charge in [0, 0.05) is 0 Å². The van der Waals surface area contributed by atoms with Crippen LogP contribution >= 0.6 is 0 Å². The van der Waals surface area contributed by atoms with Crippen LogP contribution < -0.4 is 14.8 Å². The summed E-state index contributed by atoms with van der Waals surface area (Å²) in [5.74, 6) is -0.728. The number of carbonyl (C=O) groups excluding carboxylic acids is 3. The first-order valence-corrected chi connectivity index (χ1v) is 9.46. The number of urea groups is 1. The Morgan fingerprint density at radius 2 is 1.87 bits per heavy atom. The molecule has 0 saturated carbocycles. The van der Waals surface area contributed by atoms with Gasteiger partial charge >= 0.3 is 12.0 Å². The molecule has 0 aromatic heterocycles. The van der Waals surface area contributed by atoms with Crippen LogP contribution in [-0.4, -0.2) is 43.1 Å². The summed E-state index contributed by atoms with van der Waals surface area (Å²) in [5, 5.41) is 2.53. The second-order valence-corrected chi connectivity index (χ2v) is 6.51. The maximum atomic E-state index is 13.1. The molecule has 3 amide bonds. The minimum absolute atomic E-state index is 0.0201. The van der Waals surface area contributed by atoms with Gasteiger partial charge in [-0.1, -0.05) is 18.2 Å². The van der Waals surface area contributed by atoms with Crippen LogP contribution in [-0.2, 0) is 20.9 Å². The number of esters is 1. The van der Waals surface area contributed by atoms with E-state index in [1.165, 1.54) is 37.5 Å². The minimum atomic E-state index is -0.568. The minimum Gasteiger partial charge on any atom is -0.493 e. The molecule has 1 N–H and O–H groups in total. The van der Waals surface area contributed by atoms with Crippen molar-refractivity contribution >= 4 is 24.0 Å². The van der Waals surface area contributed by atoms with E-state index < -0.39 is 23.7 Å². The van der Waals surface area contributed by atoms with Gasteiger partial charge in [-0.2, -0.15) is 0 Å². The average Bonchev–Trinajstić information content (AvgIpc) is 3.01. The Hall–Kier alpha value is -3.88. The van der Waals surface area contributed by atoms with E-state index in [0.29, 0.717) is 22.6 Å². The Bertz CT molecular complexity index is 1020. The van der Waals surface area contributed by atoms with Crippen LogP contribution in [0.4, 0.5) is 9.18 Å². The number of benzene rings is 2. The van der Waals surface area contributed by atoms with Gasteiger partial charge in [0.2, 0.25) is 0 Å². The predicted octanol–water partition coefficient (Wildman–Crippen LogP) is 2.87. The van der Waals surface area contributed by atoms with Crippen molar-refractivity contribution < 1.29 is 33.0 Å². The molecule has 3 rings (SSSR count). The number of ether oxygens (including phenoxy) is 3. The van der Waals surface area contributed by atoms with Gasteiger partial charge in [-0.3, -0.25) is 9.69 Å². The molecule has 0 radical (unpaired) electrons. The Labute approximate surface area is 178 Å². The van der Waals surface area contributed by atoms with E-state index in [-0.39, 0.29) is 25.5 Å². The molecule has 0 bridgehead atoms. The lowest BCUT2D eigenvalue weighted by molar-refractivity contribution is -0.145. The highest BCUT2D eigenvalue weighted by Gasteiger charge is 2.33. The Morgan fingerprint density at radius 3 is 2.55 bits per heavy atom. The second kappa shape index (κ2) is 9.75. The van der Waals surface area contributed by atoms with Gasteiger partial charge in [0.1, 0.15) is 11.5 Å². The van der Waals surface area contributed by atoms with Gasteiger partial charge in [0.25, 0.3) is 5.91 Å². The third-order valence-electron chi connectivity index (χ3n) is 4.37. The van der Waals surface area contributed by atoms with Gasteiger partial charge < -0.3 is 19.5 Å². The highest BCUT2D eigenvalue weighted by Crippen LogP contribution is 2.29. The molecule has 2 aromatic rings. The van der Waals surface area contributed by atoms with Crippen molar-refractivity contribution in [3.05, 3.63) is 65.1 Å². The molecule has 1 saturated heterocycles. The molecule has 0 unspecified atom stereocenters. The summed E-state index contributed by atoms with van der Waals surface area (Å²) in [6, 6.07) is 9.83. The number of halogens is 1. The first-order chi connectivity index (χ1) is 14.9. The summed E-state index contributed by atoms with van der Waals surface area (Å²) in [6.07, 6.45) is 1.50. The molecule has 2 aromatic carbocycles. The van der Waals surface area contributed by atoms with Crippen molar-refractivity contribution in [1.82, 2.24) is 10.2 Å². The molecule has 1 aliphatic heterocycles. The number of hydrogen-bond donors (Lipinski definition) is 1. The summed E-state index contributed by atoms with van der Waals surface area (Å²) in [6.45, 7) is 1.71. The van der Waals surface area contributed by atoms with Crippen LogP contribution in [0.5, 0.6) is 11.5 Å². The highest BCUT2D eigenvalue weighted by molar-refractivity contribution is 6.13. The summed E-state index contributed by atoms with van der Waals surface area (Å²) >= 11 is 0. The smallest absolute Gasteiger partial charge is 0.344 e. The molecule has 1 heterocycles. The molecule has 0 spiro atoms. The molecule has 1 aliphatic rings. The van der Waals surface area contributed by atoms with E-state index in [1.54, 1.807) is 25.1 Å². The zero-order valence-corrected chi connectivity index (χ0v) is 17.0. The third-order valence-corrected chi connectivity index (χ3v) is 4.37. The van der Waals surface area contributed by atoms with Crippen LogP contribution in [0, 0.1) is 5.82 Å². The molecular weight excluding hydrogens is 407 g/mol. The van der Waals surface area contributed by atoms with Crippen LogP contribution in [0.25, 0.3) is 6.08 Å². The van der Waals surface area contributed by atoms with Crippen molar-refractivity contribution in [2.45, 2.75) is 13.5 Å². The summed E-state index contributed by atoms with van der Waals surface area (Å²) < 4.78 is 28.6. The molecule has 0 atom stereocenters. The monoisotopic (exact) mass is 428 g/mol. The lowest BCUT2D eigenvalue weighted by atomic mass is 10.1. The fourth-order valence-corrected chi connectivity index (χ4v) is 2.89. The Kier molecular flexibility index (Phi) is 6.86. The van der Waals surface area contributed by atoms with E-state index in [2.05, 4.69) is 5.32 Å². The average molecular weight is 428 g/mol. The topological polar surface area (TPSA) is 94.2 Å². The third kappa shape index (κ3) is 5.39. The molecular formula is C22H21FN2O6. The standard InChI is InChI=1S/C22H21FN2O6/c1-3-30-20(26)13-31-18-9-6-15(11-19(18)29-2)10-17-21(27)25(22(28)24-17)12-14-4-7-16(23)8-5-14/h4-11H,3,12-13H2,1-2H3,(H,24,28)/b17-10+. The largest absolute Gasteiger partial charge is 0.493 e. The normalized spacial score (nSPS) is 14.5. The predicted molar refractivity (Wildman–Crippen MR) is 109 cm³/mol. The quantitative estimate of drug-likeness (QED) is 0.395. The second-order valence-electron chi connectivity index (χ2n) is 6.51. The van der Waals surface area contributed by atoms with Crippen LogP contribution in [0.1, 0.15) is 18.1 Å². The van der Waals surface area contributed by atoms with E-state index in [9.17, 15) is 18.8 Å². The molecule has 0 aliphatic carbocycles. The van der Waals surface area contributed by atoms with Crippen LogP contribution in [0.2, 0.25) is 0 Å². The van der Waals surface area contributed by atoms with Gasteiger partial charge in [-0.15, -0.1) is 0 Å². The number of nitrogens with zero attached hydrogens (tertiary/aromatic N) is 1. The van der Waals surface area contributed by atoms with Crippen molar-refractivity contribution in [3.8, 4) is 11.5 Å². The maximum absolute atomic E-state index is 13.1. The fraction of sp³-hybridized carbons (Fsp3) is 0.227. The number of carbonyl (C=O) groups is 3. The summed E-state index contributed by atoms with van der Waals surface area (Å²) in [4.78, 5) is 37.4. The first-order valence-electron chi connectivity index (χ1n) is 9.46. The van der Waals surface area contributed by atoms with Gasteiger partial charge in [-0.25, -0.2) is 14.0 Å². The number of amides is 3. The molecule has 8 nitrogen and oxygen atoms in total. The Balaban J connectivity index is 1.73. The SMILES string of the molecule is CCOC(=O)COc1ccc(/C=C2/NC(=O)N(Cc3ccc(F)cc3)C2=O)cc1OC. The van der Waals surface area contributed by atoms with E-state index in [1.807, 2.05) is 0 Å². The molecule has 1 fully saturated rings. The van der Waals surface area contributed by atoms with Gasteiger partial charge in [-0.05, 0) is 48.4 Å². The summed E-state index contributed by atoms with van der Waals surface area (Å²) in [7, 11) is 1.44. The van der Waals surface area contributed by atoms with E-state index in [4.69, 9.17) is 14.2 Å². The number of imide groups is 1. The zero-order chi connectivity index (χ0) is 22.4. The van der Waals surface area contributed by atoms with Crippen molar-refractivity contribution in [2.75, 3.05) is 20.3 Å². The van der Waals surface area contributed by atoms with Crippen LogP contribution in [0.3, 0.4) is 0 Å². The lowest BCUT2D eigenvalue weighted by Crippen LogP contribution is -2.30. The first kappa shape index (κ1) is 21.8. The molecule has 9 heteroatoms. The van der Waals surface area contributed by atoms with Gasteiger partial charge in [0.15, 0.2) is 18.1 Å². The van der Waals surface area contributed by atoms with E-state index >= 15 is 0 Å². The van der Waals surface area contributed by atoms with Crippen molar-refractivity contribution in [3.63, 3.8) is 0 Å². The lowest BCUT2D eigenvalue weighted by Gasteiger charge is -2.12. The van der Waals surface area contributed by atoms with Gasteiger partial charge in [0.05, 0.1) is 20.3 Å². The number of hydrogen-bond acceptors (Lipinski definition) is 6. The van der Waals surface area contributed by atoms with Crippen molar-refractivity contribution in [2.24, 2.45) is 0 Å². The molecule has 162 valence electrons. The number of methoxy groups -OCH3 is 1. The number of nitrogens with one attached hydrogen (secondary N) is 1. The van der Waals surface area contributed by atoms with Crippen LogP contribution in [0.15, 0.2) is 48.2 Å². The maximum Gasteiger partial charge on any atom is 0.344 e. The Morgan fingerprint density at radius 1 is 1.13 bits per heavy atom. The highest BCUT2D eigenvalue weighted by atomic mass is 19.1. The van der Waals surface area contributed by atoms with E-state index in [0.717, 1.165) is 4.90 Å². The molecule has 31 heavy (non-hydrogen) atoms. The van der Waals surface area contributed by atoms with Crippen molar-refractivity contribution in [1.29, 1.82) is 0 Å². The number of rotatable bonds is 8. The fourth-order valence-electron chi connectivity index (χ4n) is 2.89. The zero-order valence-electron chi connectivity index (χ0n) is 17.0.